The first-order chi connectivity index (χ1) is 4.75. The van der Waals surface area contributed by atoms with Crippen LogP contribution in [0.25, 0.3) is 0 Å². The number of aromatic nitrogens is 2. The summed E-state index contributed by atoms with van der Waals surface area (Å²) >= 11 is 0. The molecule has 1 aromatic heterocycles. The summed E-state index contributed by atoms with van der Waals surface area (Å²) < 4.78 is 0. The summed E-state index contributed by atoms with van der Waals surface area (Å²) in [6, 6.07) is 0. The number of nitrogens with two attached hydrogens (primary N) is 1. The van der Waals surface area contributed by atoms with Gasteiger partial charge in [0.25, 0.3) is 5.69 Å². The van der Waals surface area contributed by atoms with Crippen LogP contribution in [0.3, 0.4) is 0 Å². The largest absolute Gasteiger partial charge is 0.314 e. The second kappa shape index (κ2) is 2.45. The lowest BCUT2D eigenvalue weighted by molar-refractivity contribution is 1.02. The zero-order valence-corrected chi connectivity index (χ0v) is 5.97. The number of hydrogen-bond acceptors (Lipinski definition) is 2. The molecule has 0 aliphatic carbocycles. The Balaban J connectivity index is 3.10. The summed E-state index contributed by atoms with van der Waals surface area (Å²) in [6.07, 6.45) is 2.22. The molecule has 1 heterocycles. The Morgan fingerprint density at radius 2 is 2.30 bits per heavy atom. The van der Waals surface area contributed by atoms with Crippen LogP contribution < -0.4 is 5.73 Å². The Kier molecular flexibility index (Phi) is 1.65. The van der Waals surface area contributed by atoms with E-state index in [1.807, 2.05) is 13.8 Å². The van der Waals surface area contributed by atoms with Gasteiger partial charge >= 0.3 is 6.34 Å². The molecule has 0 unspecified atom stereocenters. The molecule has 0 radical (unpaired) electrons. The van der Waals surface area contributed by atoms with Crippen molar-refractivity contribution in [3.05, 3.63) is 11.4 Å². The third kappa shape index (κ3) is 0.967. The summed E-state index contributed by atoms with van der Waals surface area (Å²) in [5, 5.41) is 6.70. The molecule has 4 heteroatoms. The summed E-state index contributed by atoms with van der Waals surface area (Å²) in [5.41, 5.74) is 7.53. The fourth-order valence-corrected chi connectivity index (χ4v) is 0.774. The average molecular weight is 137 g/mol. The highest BCUT2D eigenvalue weighted by Gasteiger charge is 2.12. The van der Waals surface area contributed by atoms with Gasteiger partial charge in [-0.25, -0.2) is 0 Å². The summed E-state index contributed by atoms with van der Waals surface area (Å²) in [4.78, 5) is 3.80. The first-order valence-electron chi connectivity index (χ1n) is 2.93. The predicted octanol–water partition coefficient (Wildman–Crippen LogP) is 0.522. The molecule has 10 heavy (non-hydrogen) atoms. The van der Waals surface area contributed by atoms with Crippen LogP contribution in [0.1, 0.15) is 11.4 Å². The molecule has 1 aromatic rings. The molecule has 0 fully saturated rings. The molecule has 1 rings (SSSR count). The van der Waals surface area contributed by atoms with E-state index in [2.05, 4.69) is 21.5 Å². The Morgan fingerprint density at radius 1 is 1.60 bits per heavy atom. The third-order valence-corrected chi connectivity index (χ3v) is 1.27. The highest BCUT2D eigenvalue weighted by atomic mass is 15.1. The summed E-state index contributed by atoms with van der Waals surface area (Å²) in [7, 11) is 0. The van der Waals surface area contributed by atoms with Gasteiger partial charge in [-0.3, -0.25) is 10.8 Å². The second-order valence-electron chi connectivity index (χ2n) is 2.02. The van der Waals surface area contributed by atoms with E-state index >= 15 is 0 Å². The Morgan fingerprint density at radius 3 is 2.70 bits per heavy atom. The molecule has 0 saturated carbocycles. The molecular formula is C6H9N4+. The number of nitrogens with one attached hydrogen (secondary N) is 1. The Hall–Kier alpha value is -1.41. The van der Waals surface area contributed by atoms with E-state index in [4.69, 9.17) is 5.73 Å². The zero-order chi connectivity index (χ0) is 7.56. The van der Waals surface area contributed by atoms with Crippen molar-refractivity contribution in [1.82, 2.24) is 10.2 Å². The van der Waals surface area contributed by atoms with Crippen molar-refractivity contribution in [2.24, 2.45) is 10.7 Å². The third-order valence-electron chi connectivity index (χ3n) is 1.27. The van der Waals surface area contributed by atoms with Gasteiger partial charge in [-0.1, -0.05) is 0 Å². The first-order valence-corrected chi connectivity index (χ1v) is 2.93. The van der Waals surface area contributed by atoms with Gasteiger partial charge in [-0.2, -0.15) is 5.10 Å². The van der Waals surface area contributed by atoms with Crippen molar-refractivity contribution in [2.45, 2.75) is 13.8 Å². The fourth-order valence-electron chi connectivity index (χ4n) is 0.774. The van der Waals surface area contributed by atoms with Crippen molar-refractivity contribution >= 4 is 12.0 Å². The normalized spacial score (nSPS) is 10.2. The van der Waals surface area contributed by atoms with Crippen LogP contribution in [0.2, 0.25) is 0 Å². The van der Waals surface area contributed by atoms with Gasteiger partial charge < -0.3 is 0 Å². The minimum Gasteiger partial charge on any atom is -0.261 e. The van der Waals surface area contributed by atoms with E-state index in [0.29, 0.717) is 0 Å². The maximum Gasteiger partial charge on any atom is 0.314 e. The summed E-state index contributed by atoms with van der Waals surface area (Å²) in [5.74, 6) is 0. The van der Waals surface area contributed by atoms with Gasteiger partial charge in [0.05, 0.1) is 0 Å². The van der Waals surface area contributed by atoms with Crippen LogP contribution in [0.5, 0.6) is 0 Å². The quantitative estimate of drug-likeness (QED) is 0.256. The maximum absolute atomic E-state index is 5.00. The molecular weight excluding hydrogens is 128 g/mol. The molecule has 0 saturated heterocycles. The number of rotatable bonds is 1. The van der Waals surface area contributed by atoms with Gasteiger partial charge in [-0.05, 0) is 6.92 Å². The van der Waals surface area contributed by atoms with E-state index < -0.39 is 0 Å². The van der Waals surface area contributed by atoms with Crippen LogP contribution in [-0.2, 0) is 0 Å². The molecule has 3 N–H and O–H groups in total. The van der Waals surface area contributed by atoms with Crippen LogP contribution >= 0.6 is 0 Å². The molecule has 0 amide bonds. The predicted molar refractivity (Wildman–Crippen MR) is 39.3 cm³/mol. The molecule has 0 spiro atoms. The van der Waals surface area contributed by atoms with E-state index in [1.54, 1.807) is 0 Å². The van der Waals surface area contributed by atoms with E-state index in [0.717, 1.165) is 17.1 Å². The van der Waals surface area contributed by atoms with Crippen molar-refractivity contribution in [3.63, 3.8) is 0 Å². The minimum absolute atomic E-state index is 0.780. The number of aliphatic imine (C=N–C) groups is 1. The lowest BCUT2D eigenvalue weighted by atomic mass is 10.3. The van der Waals surface area contributed by atoms with E-state index in [-0.39, 0.29) is 0 Å². The average Bonchev–Trinajstić information content (AvgIpc) is 2.20. The molecule has 0 aromatic carbocycles. The Labute approximate surface area is 59.2 Å². The van der Waals surface area contributed by atoms with Crippen LogP contribution in [0.4, 0.5) is 5.69 Å². The first kappa shape index (κ1) is 6.71. The molecule has 4 nitrogen and oxygen atoms in total. The van der Waals surface area contributed by atoms with Gasteiger partial charge in [-0.15, -0.1) is 0 Å². The van der Waals surface area contributed by atoms with Crippen molar-refractivity contribution in [3.8, 4) is 0 Å². The molecule has 52 valence electrons. The highest BCUT2D eigenvalue weighted by molar-refractivity contribution is 5.61. The highest BCUT2D eigenvalue weighted by Crippen LogP contribution is 2.18. The van der Waals surface area contributed by atoms with Crippen molar-refractivity contribution in [2.75, 3.05) is 0 Å². The number of hydrogen-bond donors (Lipinski definition) is 2. The topological polar surface area (TPSA) is 67.1 Å². The van der Waals surface area contributed by atoms with Crippen molar-refractivity contribution < 1.29 is 0 Å². The Bertz CT molecular complexity index is 229. The SMILES string of the molecule is Cc1n[nH]c(C)c1N=[C+]N. The van der Waals surface area contributed by atoms with Gasteiger partial charge in [0.2, 0.25) is 0 Å². The molecule has 0 bridgehead atoms. The molecule has 0 aliphatic heterocycles. The van der Waals surface area contributed by atoms with Gasteiger partial charge in [0.1, 0.15) is 5.69 Å². The van der Waals surface area contributed by atoms with E-state index in [9.17, 15) is 0 Å². The summed E-state index contributed by atoms with van der Waals surface area (Å²) in [6.45, 7) is 3.75. The number of H-pyrrole nitrogens is 1. The van der Waals surface area contributed by atoms with Gasteiger partial charge in [0, 0.05) is 11.9 Å². The second-order valence-corrected chi connectivity index (χ2v) is 2.02. The fraction of sp³-hybridized carbons (Fsp3) is 0.333. The smallest absolute Gasteiger partial charge is 0.261 e. The van der Waals surface area contributed by atoms with Crippen molar-refractivity contribution in [1.29, 1.82) is 0 Å². The lowest BCUT2D eigenvalue weighted by Crippen LogP contribution is -1.87. The monoisotopic (exact) mass is 137 g/mol. The van der Waals surface area contributed by atoms with Crippen LogP contribution in [0, 0.1) is 13.8 Å². The maximum atomic E-state index is 5.00. The molecule has 0 aliphatic rings. The number of aryl methyl sites for hydroxylation is 2. The van der Waals surface area contributed by atoms with Crippen LogP contribution in [0.15, 0.2) is 4.99 Å². The van der Waals surface area contributed by atoms with E-state index in [1.165, 1.54) is 0 Å². The zero-order valence-electron chi connectivity index (χ0n) is 5.97. The number of nitrogens with zero attached hydrogens (tertiary/aromatic N) is 2. The lowest BCUT2D eigenvalue weighted by Gasteiger charge is -1.74. The standard InChI is InChI=1S/C6H9N4/c1-4-6(8-3-7)5(2)10-9-4/h1-2H3,(H2,7,8)(H,9,10)/q+1. The molecule has 0 atom stereocenters. The van der Waals surface area contributed by atoms with Gasteiger partial charge in [0.15, 0.2) is 5.69 Å². The number of aromatic amines is 1. The minimum atomic E-state index is 0.780. The van der Waals surface area contributed by atoms with Crippen LogP contribution in [-0.4, -0.2) is 16.5 Å².